The van der Waals surface area contributed by atoms with Crippen molar-refractivity contribution in [3.8, 4) is 0 Å². The van der Waals surface area contributed by atoms with Crippen LogP contribution in [0.15, 0.2) is 36.5 Å². The lowest BCUT2D eigenvalue weighted by atomic mass is 9.63. The fourth-order valence-electron chi connectivity index (χ4n) is 2.34. The quantitative estimate of drug-likeness (QED) is 0.491. The number of ketones is 1. The van der Waals surface area contributed by atoms with E-state index in [1.807, 2.05) is 0 Å². The lowest BCUT2D eigenvalue weighted by molar-refractivity contribution is -0.134. The molecule has 0 saturated heterocycles. The average molecular weight is 158 g/mol. The molecule has 0 amide bonds. The minimum Gasteiger partial charge on any atom is -0.298 e. The second-order valence-corrected chi connectivity index (χ2v) is 3.76. The van der Waals surface area contributed by atoms with Gasteiger partial charge in [-0.2, -0.15) is 0 Å². The van der Waals surface area contributed by atoms with Gasteiger partial charge in [-0.15, -0.1) is 0 Å². The second-order valence-electron chi connectivity index (χ2n) is 3.76. The average Bonchev–Trinajstić information content (AvgIpc) is 2.30. The molecule has 0 aromatic heterocycles. The fraction of sp³-hybridized carbons (Fsp3) is 0.364. The lowest BCUT2D eigenvalue weighted by Crippen LogP contribution is -2.44. The van der Waals surface area contributed by atoms with E-state index in [1.54, 1.807) is 0 Å². The highest BCUT2D eigenvalue weighted by molar-refractivity contribution is 5.94. The minimum atomic E-state index is 0.196. The Balaban J connectivity index is 2.14. The first-order valence-electron chi connectivity index (χ1n) is 4.45. The Morgan fingerprint density at radius 1 is 0.833 bits per heavy atom. The van der Waals surface area contributed by atoms with Crippen molar-refractivity contribution >= 4 is 5.78 Å². The van der Waals surface area contributed by atoms with Crippen LogP contribution in [-0.4, -0.2) is 5.78 Å². The van der Waals surface area contributed by atoms with Gasteiger partial charge >= 0.3 is 0 Å². The van der Waals surface area contributed by atoms with Crippen LogP contribution in [0.2, 0.25) is 0 Å². The van der Waals surface area contributed by atoms with Gasteiger partial charge in [-0.3, -0.25) is 4.79 Å². The number of allylic oxidation sites excluding steroid dienone is 6. The zero-order valence-electron chi connectivity index (χ0n) is 6.68. The van der Waals surface area contributed by atoms with Crippen molar-refractivity contribution < 1.29 is 4.79 Å². The third kappa shape index (κ3) is 0.619. The van der Waals surface area contributed by atoms with Gasteiger partial charge < -0.3 is 0 Å². The number of carbonyl (C=O) groups excluding carboxylic acids is 1. The Morgan fingerprint density at radius 2 is 1.42 bits per heavy atom. The van der Waals surface area contributed by atoms with E-state index in [4.69, 9.17) is 0 Å². The molecule has 1 heteroatoms. The number of hydrogen-bond donors (Lipinski definition) is 0. The molecule has 1 saturated carbocycles. The van der Waals surface area contributed by atoms with Crippen molar-refractivity contribution in [2.45, 2.75) is 0 Å². The highest BCUT2D eigenvalue weighted by Gasteiger charge is 2.46. The van der Waals surface area contributed by atoms with Gasteiger partial charge in [0.05, 0.1) is 0 Å². The maximum absolute atomic E-state index is 11.5. The Kier molecular flexibility index (Phi) is 1.06. The molecule has 2 bridgehead atoms. The van der Waals surface area contributed by atoms with Gasteiger partial charge in [-0.1, -0.05) is 36.5 Å². The summed E-state index contributed by atoms with van der Waals surface area (Å²) in [6.07, 6.45) is 12.8. The second kappa shape index (κ2) is 1.98. The topological polar surface area (TPSA) is 17.1 Å². The molecule has 0 aromatic carbocycles. The van der Waals surface area contributed by atoms with Gasteiger partial charge in [0.1, 0.15) is 5.78 Å². The SMILES string of the molecule is O=C1C2C=CC3C=CC1C2C=C3. The van der Waals surface area contributed by atoms with Crippen molar-refractivity contribution in [3.05, 3.63) is 36.5 Å². The van der Waals surface area contributed by atoms with Crippen LogP contribution in [0, 0.1) is 23.7 Å². The van der Waals surface area contributed by atoms with Crippen LogP contribution in [0.3, 0.4) is 0 Å². The van der Waals surface area contributed by atoms with Crippen LogP contribution in [-0.2, 0) is 4.79 Å². The van der Waals surface area contributed by atoms with Crippen LogP contribution >= 0.6 is 0 Å². The van der Waals surface area contributed by atoms with Crippen molar-refractivity contribution in [1.82, 2.24) is 0 Å². The third-order valence-corrected chi connectivity index (χ3v) is 3.12. The molecule has 3 aliphatic carbocycles. The Morgan fingerprint density at radius 3 is 2.08 bits per heavy atom. The molecule has 0 spiro atoms. The molecular formula is C11H10O. The van der Waals surface area contributed by atoms with E-state index in [9.17, 15) is 4.79 Å². The molecule has 2 unspecified atom stereocenters. The maximum Gasteiger partial charge on any atom is 0.147 e. The first kappa shape index (κ1) is 6.41. The molecule has 0 radical (unpaired) electrons. The molecule has 0 aromatic rings. The van der Waals surface area contributed by atoms with Crippen LogP contribution in [0.4, 0.5) is 0 Å². The Labute approximate surface area is 71.5 Å². The predicted molar refractivity (Wildman–Crippen MR) is 46.4 cm³/mol. The molecule has 0 aliphatic heterocycles. The molecule has 3 aliphatic rings. The van der Waals surface area contributed by atoms with Gasteiger partial charge in [0.15, 0.2) is 0 Å². The van der Waals surface area contributed by atoms with E-state index in [1.165, 1.54) is 0 Å². The summed E-state index contributed by atoms with van der Waals surface area (Å²) in [6, 6.07) is 0. The first-order valence-corrected chi connectivity index (χ1v) is 4.45. The summed E-state index contributed by atoms with van der Waals surface area (Å²) in [5.41, 5.74) is 0. The fourth-order valence-corrected chi connectivity index (χ4v) is 2.34. The van der Waals surface area contributed by atoms with Gasteiger partial charge in [-0.25, -0.2) is 0 Å². The number of carbonyl (C=O) groups is 1. The highest BCUT2D eigenvalue weighted by atomic mass is 16.1. The largest absolute Gasteiger partial charge is 0.298 e. The molecule has 60 valence electrons. The number of Topliss-reactive ketones (excluding diaryl/α,β-unsaturated/α-hetero) is 1. The predicted octanol–water partition coefficient (Wildman–Crippen LogP) is 1.73. The first-order chi connectivity index (χ1) is 5.86. The maximum atomic E-state index is 11.5. The number of hydrogen-bond acceptors (Lipinski definition) is 1. The summed E-state index contributed by atoms with van der Waals surface area (Å²) in [6.45, 7) is 0. The monoisotopic (exact) mass is 158 g/mol. The van der Waals surface area contributed by atoms with Crippen molar-refractivity contribution in [2.24, 2.45) is 23.7 Å². The number of fused-ring (bicyclic) bond motifs is 1. The summed E-state index contributed by atoms with van der Waals surface area (Å²) in [4.78, 5) is 11.5. The van der Waals surface area contributed by atoms with Crippen LogP contribution in [0.5, 0.6) is 0 Å². The minimum absolute atomic E-state index is 0.196. The van der Waals surface area contributed by atoms with Crippen LogP contribution < -0.4 is 0 Å². The summed E-state index contributed by atoms with van der Waals surface area (Å²) >= 11 is 0. The summed E-state index contributed by atoms with van der Waals surface area (Å²) in [5.74, 6) is 1.70. The van der Waals surface area contributed by atoms with E-state index < -0.39 is 0 Å². The highest BCUT2D eigenvalue weighted by Crippen LogP contribution is 2.43. The van der Waals surface area contributed by atoms with Gasteiger partial charge in [0.2, 0.25) is 0 Å². The van der Waals surface area contributed by atoms with Gasteiger partial charge in [0, 0.05) is 23.7 Å². The Hall–Kier alpha value is -1.11. The summed E-state index contributed by atoms with van der Waals surface area (Å²) in [5, 5.41) is 0. The van der Waals surface area contributed by atoms with Crippen molar-refractivity contribution in [1.29, 1.82) is 0 Å². The summed E-state index contributed by atoms with van der Waals surface area (Å²) < 4.78 is 0. The molecule has 0 heterocycles. The van der Waals surface area contributed by atoms with Crippen molar-refractivity contribution in [3.63, 3.8) is 0 Å². The number of rotatable bonds is 0. The molecule has 12 heavy (non-hydrogen) atoms. The molecule has 0 N–H and O–H groups in total. The lowest BCUT2D eigenvalue weighted by Gasteiger charge is -2.38. The Bertz CT molecular complexity index is 298. The van der Waals surface area contributed by atoms with Gasteiger partial charge in [0.25, 0.3) is 0 Å². The molecule has 1 nitrogen and oxygen atoms in total. The third-order valence-electron chi connectivity index (χ3n) is 3.12. The van der Waals surface area contributed by atoms with Crippen LogP contribution in [0.1, 0.15) is 0 Å². The molecular weight excluding hydrogens is 148 g/mol. The normalized spacial score (nSPS) is 47.2. The molecule has 1 fully saturated rings. The zero-order valence-corrected chi connectivity index (χ0v) is 6.68. The smallest absolute Gasteiger partial charge is 0.147 e. The molecule has 2 atom stereocenters. The van der Waals surface area contributed by atoms with Gasteiger partial charge in [-0.05, 0) is 0 Å². The van der Waals surface area contributed by atoms with Crippen molar-refractivity contribution in [2.75, 3.05) is 0 Å². The molecule has 3 rings (SSSR count). The van der Waals surface area contributed by atoms with Crippen LogP contribution in [0.25, 0.3) is 0 Å². The van der Waals surface area contributed by atoms with E-state index in [-0.39, 0.29) is 11.8 Å². The van der Waals surface area contributed by atoms with E-state index in [0.29, 0.717) is 17.6 Å². The van der Waals surface area contributed by atoms with E-state index in [2.05, 4.69) is 36.5 Å². The zero-order chi connectivity index (χ0) is 8.13. The summed E-state index contributed by atoms with van der Waals surface area (Å²) in [7, 11) is 0. The van der Waals surface area contributed by atoms with E-state index in [0.717, 1.165) is 0 Å². The van der Waals surface area contributed by atoms with E-state index >= 15 is 0 Å². The standard InChI is InChI=1S/C11H10O/c12-11-9-5-2-7-1-4-8(9)10(11)6-3-7/h1-10H.